The highest BCUT2D eigenvalue weighted by Gasteiger charge is 2.52. The zero-order chi connectivity index (χ0) is 14.5. The first-order chi connectivity index (χ1) is 9.32. The van der Waals surface area contributed by atoms with Gasteiger partial charge in [-0.05, 0) is 51.3 Å². The Bertz CT molecular complexity index is 696. The van der Waals surface area contributed by atoms with E-state index in [1.165, 1.54) is 0 Å². The zero-order valence-corrected chi connectivity index (χ0v) is 12.2. The van der Waals surface area contributed by atoms with Crippen molar-refractivity contribution >= 4 is 23.6 Å². The van der Waals surface area contributed by atoms with E-state index in [4.69, 9.17) is 14.6 Å². The van der Waals surface area contributed by atoms with Crippen molar-refractivity contribution in [1.29, 1.82) is 5.26 Å². The molecule has 0 radical (unpaired) electrons. The van der Waals surface area contributed by atoms with E-state index in [9.17, 15) is 0 Å². The van der Waals surface area contributed by atoms with Gasteiger partial charge < -0.3 is 14.3 Å². The highest BCUT2D eigenvalue weighted by molar-refractivity contribution is 6.61. The predicted molar refractivity (Wildman–Crippen MR) is 78.7 cm³/mol. The Morgan fingerprint density at radius 3 is 2.35 bits per heavy atom. The Morgan fingerprint density at radius 2 is 1.75 bits per heavy atom. The van der Waals surface area contributed by atoms with Gasteiger partial charge in [0.05, 0.1) is 22.8 Å². The van der Waals surface area contributed by atoms with Crippen molar-refractivity contribution in [3.05, 3.63) is 29.8 Å². The van der Waals surface area contributed by atoms with Crippen LogP contribution in [-0.2, 0) is 9.31 Å². The molecule has 2 heterocycles. The van der Waals surface area contributed by atoms with Crippen LogP contribution < -0.4 is 5.59 Å². The van der Waals surface area contributed by atoms with Crippen LogP contribution in [0.3, 0.4) is 0 Å². The molecular weight excluding hydrogens is 251 g/mol. The number of nitriles is 1. The van der Waals surface area contributed by atoms with Crippen molar-refractivity contribution < 1.29 is 9.31 Å². The van der Waals surface area contributed by atoms with Gasteiger partial charge in [0, 0.05) is 11.1 Å². The summed E-state index contributed by atoms with van der Waals surface area (Å²) in [4.78, 5) is 3.29. The number of fused-ring (bicyclic) bond motifs is 1. The minimum Gasteiger partial charge on any atom is -0.398 e. The molecule has 0 aliphatic carbocycles. The van der Waals surface area contributed by atoms with Crippen LogP contribution in [0.2, 0.25) is 0 Å². The lowest BCUT2D eigenvalue weighted by molar-refractivity contribution is 0.00578. The van der Waals surface area contributed by atoms with Crippen molar-refractivity contribution in [1.82, 2.24) is 4.98 Å². The Balaban J connectivity index is 1.98. The first kappa shape index (κ1) is 13.2. The number of hydrogen-bond donors (Lipinski definition) is 1. The fourth-order valence-electron chi connectivity index (χ4n) is 2.32. The summed E-state index contributed by atoms with van der Waals surface area (Å²) in [5, 5.41) is 9.99. The largest absolute Gasteiger partial charge is 0.512 e. The zero-order valence-electron chi connectivity index (χ0n) is 12.2. The summed E-state index contributed by atoms with van der Waals surface area (Å²) < 4.78 is 12.0. The molecule has 1 fully saturated rings. The van der Waals surface area contributed by atoms with Gasteiger partial charge in [-0.1, -0.05) is 6.07 Å². The minimum atomic E-state index is -0.405. The lowest BCUT2D eigenvalue weighted by Crippen LogP contribution is -2.41. The summed E-state index contributed by atoms with van der Waals surface area (Å²) in [6.45, 7) is 8.12. The number of nitrogens with one attached hydrogen (secondary N) is 1. The lowest BCUT2D eigenvalue weighted by atomic mass is 9.85. The van der Waals surface area contributed by atoms with Crippen LogP contribution in [0, 0.1) is 11.3 Å². The fraction of sp³-hybridized carbons (Fsp3) is 0.400. The third-order valence-electron chi connectivity index (χ3n) is 4.28. The smallest absolute Gasteiger partial charge is 0.398 e. The Labute approximate surface area is 118 Å². The monoisotopic (exact) mass is 268 g/mol. The van der Waals surface area contributed by atoms with E-state index in [2.05, 4.69) is 11.1 Å². The molecule has 102 valence electrons. The second-order valence-electron chi connectivity index (χ2n) is 6.23. The van der Waals surface area contributed by atoms with Gasteiger partial charge in [0.15, 0.2) is 0 Å². The summed E-state index contributed by atoms with van der Waals surface area (Å²) in [6.07, 6.45) is 0. The third-order valence-corrected chi connectivity index (χ3v) is 4.28. The van der Waals surface area contributed by atoms with Gasteiger partial charge in [-0.3, -0.25) is 0 Å². The van der Waals surface area contributed by atoms with Gasteiger partial charge in [-0.15, -0.1) is 0 Å². The van der Waals surface area contributed by atoms with Crippen molar-refractivity contribution in [2.45, 2.75) is 38.9 Å². The second kappa shape index (κ2) is 4.11. The molecule has 0 amide bonds. The topological polar surface area (TPSA) is 58.0 Å². The molecule has 5 heteroatoms. The maximum absolute atomic E-state index is 8.94. The number of rotatable bonds is 1. The summed E-state index contributed by atoms with van der Waals surface area (Å²) in [6, 6.07) is 9.73. The number of aromatic amines is 1. The van der Waals surface area contributed by atoms with E-state index < -0.39 is 7.12 Å². The average Bonchev–Trinajstić information content (AvgIpc) is 2.87. The Morgan fingerprint density at radius 1 is 1.10 bits per heavy atom. The van der Waals surface area contributed by atoms with Crippen LogP contribution >= 0.6 is 0 Å². The molecule has 0 spiro atoms. The molecule has 0 unspecified atom stereocenters. The molecule has 1 aliphatic heterocycles. The summed E-state index contributed by atoms with van der Waals surface area (Å²) in [5.41, 5.74) is 1.74. The van der Waals surface area contributed by atoms with Crippen LogP contribution in [0.15, 0.2) is 24.3 Å². The molecule has 0 bridgehead atoms. The van der Waals surface area contributed by atoms with Crippen molar-refractivity contribution in [3.63, 3.8) is 0 Å². The SMILES string of the molecule is CC1(C)OB(c2cc3ccc(C#N)cc3[nH]2)OC1(C)C. The highest BCUT2D eigenvalue weighted by atomic mass is 16.7. The lowest BCUT2D eigenvalue weighted by Gasteiger charge is -2.32. The van der Waals surface area contributed by atoms with Crippen LogP contribution in [0.5, 0.6) is 0 Å². The number of nitrogens with zero attached hydrogens (tertiary/aromatic N) is 1. The van der Waals surface area contributed by atoms with Crippen LogP contribution in [0.4, 0.5) is 0 Å². The van der Waals surface area contributed by atoms with Crippen LogP contribution in [0.1, 0.15) is 33.3 Å². The standard InChI is InChI=1S/C15H17BN2O2/c1-14(2)15(3,4)20-16(19-14)13-8-11-6-5-10(9-17)7-12(11)18-13/h5-8,18H,1-4H3. The van der Waals surface area contributed by atoms with Crippen molar-refractivity contribution in [2.24, 2.45) is 0 Å². The predicted octanol–water partition coefficient (Wildman–Crippen LogP) is 2.34. The van der Waals surface area contributed by atoms with Crippen LogP contribution in [0.25, 0.3) is 10.9 Å². The molecular formula is C15H17BN2O2. The number of aromatic nitrogens is 1. The van der Waals surface area contributed by atoms with E-state index >= 15 is 0 Å². The van der Waals surface area contributed by atoms with E-state index in [1.54, 1.807) is 0 Å². The number of H-pyrrole nitrogens is 1. The molecule has 1 N–H and O–H groups in total. The quantitative estimate of drug-likeness (QED) is 0.807. The van der Waals surface area contributed by atoms with Gasteiger partial charge in [0.1, 0.15) is 0 Å². The molecule has 3 rings (SSSR count). The fourth-order valence-corrected chi connectivity index (χ4v) is 2.32. The molecule has 4 nitrogen and oxygen atoms in total. The number of hydrogen-bond acceptors (Lipinski definition) is 3. The maximum atomic E-state index is 8.94. The summed E-state index contributed by atoms with van der Waals surface area (Å²) >= 11 is 0. The number of benzene rings is 1. The molecule has 1 aromatic carbocycles. The van der Waals surface area contributed by atoms with Crippen molar-refractivity contribution in [3.8, 4) is 6.07 Å². The van der Waals surface area contributed by atoms with Gasteiger partial charge in [-0.25, -0.2) is 0 Å². The van der Waals surface area contributed by atoms with Gasteiger partial charge in [0.2, 0.25) is 0 Å². The summed E-state index contributed by atoms with van der Waals surface area (Å²) in [5.74, 6) is 0. The third kappa shape index (κ3) is 1.93. The minimum absolute atomic E-state index is 0.354. The van der Waals surface area contributed by atoms with Crippen molar-refractivity contribution in [2.75, 3.05) is 0 Å². The molecule has 1 saturated heterocycles. The Hall–Kier alpha value is -1.77. The van der Waals surface area contributed by atoms with E-state index in [-0.39, 0.29) is 11.2 Å². The second-order valence-corrected chi connectivity index (χ2v) is 6.23. The first-order valence-electron chi connectivity index (χ1n) is 6.71. The molecule has 2 aromatic rings. The Kier molecular flexibility index (Phi) is 2.72. The molecule has 1 aromatic heterocycles. The first-order valence-corrected chi connectivity index (χ1v) is 6.71. The van der Waals surface area contributed by atoms with Crippen LogP contribution in [-0.4, -0.2) is 23.3 Å². The normalized spacial score (nSPS) is 20.2. The van der Waals surface area contributed by atoms with Gasteiger partial charge in [0.25, 0.3) is 0 Å². The van der Waals surface area contributed by atoms with Gasteiger partial charge >= 0.3 is 7.12 Å². The summed E-state index contributed by atoms with van der Waals surface area (Å²) in [7, 11) is -0.405. The molecule has 20 heavy (non-hydrogen) atoms. The molecule has 0 saturated carbocycles. The van der Waals surface area contributed by atoms with E-state index in [1.807, 2.05) is 52.0 Å². The molecule has 0 atom stereocenters. The van der Waals surface area contributed by atoms with Gasteiger partial charge in [-0.2, -0.15) is 5.26 Å². The molecule has 1 aliphatic rings. The highest BCUT2D eigenvalue weighted by Crippen LogP contribution is 2.36. The van der Waals surface area contributed by atoms with E-state index in [0.717, 1.165) is 16.5 Å². The maximum Gasteiger partial charge on any atom is 0.512 e. The van der Waals surface area contributed by atoms with E-state index in [0.29, 0.717) is 5.56 Å². The average molecular weight is 268 g/mol.